The number of likely N-dealkylation sites (tertiary alicyclic amines) is 1. The fraction of sp³-hybridized carbons (Fsp3) is 0.500. The van der Waals surface area contributed by atoms with Crippen molar-refractivity contribution in [3.63, 3.8) is 0 Å². The van der Waals surface area contributed by atoms with E-state index in [0.717, 1.165) is 51.2 Å². The van der Waals surface area contributed by atoms with Gasteiger partial charge in [0.05, 0.1) is 6.10 Å². The second kappa shape index (κ2) is 8.02. The summed E-state index contributed by atoms with van der Waals surface area (Å²) < 4.78 is 10.6. The highest BCUT2D eigenvalue weighted by molar-refractivity contribution is 7.10. The van der Waals surface area contributed by atoms with Crippen molar-refractivity contribution in [3.8, 4) is 0 Å². The third-order valence-corrected chi connectivity index (χ3v) is 4.90. The number of benzene rings is 1. The van der Waals surface area contributed by atoms with Gasteiger partial charge in [0.25, 0.3) is 0 Å². The van der Waals surface area contributed by atoms with E-state index in [0.29, 0.717) is 10.4 Å². The van der Waals surface area contributed by atoms with Crippen molar-refractivity contribution in [3.05, 3.63) is 45.9 Å². The lowest BCUT2D eigenvalue weighted by Crippen LogP contribution is -2.23. The third kappa shape index (κ3) is 4.49. The van der Waals surface area contributed by atoms with Crippen LogP contribution in [0.25, 0.3) is 0 Å². The van der Waals surface area contributed by atoms with Gasteiger partial charge in [-0.1, -0.05) is 46.4 Å². The van der Waals surface area contributed by atoms with E-state index in [-0.39, 0.29) is 0 Å². The molecule has 0 unspecified atom stereocenters. The highest BCUT2D eigenvalue weighted by Crippen LogP contribution is 2.22. The Morgan fingerprint density at radius 1 is 1.32 bits per heavy atom. The molecule has 22 heavy (non-hydrogen) atoms. The van der Waals surface area contributed by atoms with Gasteiger partial charge >= 0.3 is 0 Å². The summed E-state index contributed by atoms with van der Waals surface area (Å²) in [4.78, 5) is 2.34. The SMILES string of the molecule is Clc1snnc1CN1CC[C@@H](OCCCc2ccccc2)C1. The van der Waals surface area contributed by atoms with Crippen molar-refractivity contribution in [2.45, 2.75) is 31.9 Å². The minimum absolute atomic E-state index is 0.334. The van der Waals surface area contributed by atoms with Crippen LogP contribution in [0.4, 0.5) is 0 Å². The van der Waals surface area contributed by atoms with Crippen LogP contribution in [-0.4, -0.2) is 40.3 Å². The van der Waals surface area contributed by atoms with Crippen molar-refractivity contribution in [1.29, 1.82) is 0 Å². The van der Waals surface area contributed by atoms with Gasteiger partial charge in [-0.3, -0.25) is 4.90 Å². The molecule has 0 amide bonds. The minimum atomic E-state index is 0.334. The summed E-state index contributed by atoms with van der Waals surface area (Å²) in [5.41, 5.74) is 2.27. The molecule has 118 valence electrons. The Morgan fingerprint density at radius 2 is 2.18 bits per heavy atom. The summed E-state index contributed by atoms with van der Waals surface area (Å²) in [5, 5.41) is 4.07. The van der Waals surface area contributed by atoms with Gasteiger partial charge in [-0.05, 0) is 24.8 Å². The molecule has 1 saturated heterocycles. The van der Waals surface area contributed by atoms with Crippen molar-refractivity contribution in [1.82, 2.24) is 14.5 Å². The molecule has 0 aliphatic carbocycles. The standard InChI is InChI=1S/C16H20ClN3OS/c17-16-15(18-19-22-16)12-20-9-8-14(11-20)21-10-4-7-13-5-2-1-3-6-13/h1-3,5-6,14H,4,7-12H2/t14-/m1/s1. The third-order valence-electron chi connectivity index (χ3n) is 3.92. The van der Waals surface area contributed by atoms with Crippen LogP contribution < -0.4 is 0 Å². The van der Waals surface area contributed by atoms with Crippen LogP contribution >= 0.6 is 23.1 Å². The first kappa shape index (κ1) is 15.9. The fourth-order valence-electron chi connectivity index (χ4n) is 2.75. The lowest BCUT2D eigenvalue weighted by molar-refractivity contribution is 0.0570. The van der Waals surface area contributed by atoms with Crippen molar-refractivity contribution in [2.75, 3.05) is 19.7 Å². The predicted octanol–water partition coefficient (Wildman–Crippen LogP) is 3.42. The van der Waals surface area contributed by atoms with Crippen LogP contribution in [0.15, 0.2) is 30.3 Å². The number of ether oxygens (including phenoxy) is 1. The molecule has 1 aliphatic rings. The molecule has 6 heteroatoms. The van der Waals surface area contributed by atoms with Crippen molar-refractivity contribution in [2.24, 2.45) is 0 Å². The molecule has 0 saturated carbocycles. The Balaban J connectivity index is 1.34. The summed E-state index contributed by atoms with van der Waals surface area (Å²) >= 11 is 7.30. The van der Waals surface area contributed by atoms with E-state index >= 15 is 0 Å². The van der Waals surface area contributed by atoms with E-state index in [1.807, 2.05) is 0 Å². The maximum atomic E-state index is 6.05. The molecule has 0 N–H and O–H groups in total. The quantitative estimate of drug-likeness (QED) is 0.726. The zero-order valence-electron chi connectivity index (χ0n) is 12.4. The summed E-state index contributed by atoms with van der Waals surface area (Å²) in [7, 11) is 0. The van der Waals surface area contributed by atoms with Gasteiger partial charge in [0.15, 0.2) is 0 Å². The maximum Gasteiger partial charge on any atom is 0.138 e. The predicted molar refractivity (Wildman–Crippen MR) is 89.3 cm³/mol. The van der Waals surface area contributed by atoms with Gasteiger partial charge in [-0.2, -0.15) is 0 Å². The van der Waals surface area contributed by atoms with Gasteiger partial charge in [-0.25, -0.2) is 0 Å². The number of aryl methyl sites for hydroxylation is 1. The van der Waals surface area contributed by atoms with Crippen LogP contribution in [0.1, 0.15) is 24.1 Å². The Labute approximate surface area is 140 Å². The number of hydrogen-bond donors (Lipinski definition) is 0. The molecule has 0 bridgehead atoms. The number of nitrogens with zero attached hydrogens (tertiary/aromatic N) is 3. The second-order valence-corrected chi connectivity index (χ2v) is 6.96. The lowest BCUT2D eigenvalue weighted by Gasteiger charge is -2.15. The number of rotatable bonds is 7. The van der Waals surface area contributed by atoms with Gasteiger partial charge in [0, 0.05) is 37.8 Å². The molecule has 0 radical (unpaired) electrons. The van der Waals surface area contributed by atoms with Crippen LogP contribution in [0, 0.1) is 0 Å². The second-order valence-electron chi connectivity index (χ2n) is 5.60. The van der Waals surface area contributed by atoms with Crippen LogP contribution in [-0.2, 0) is 17.7 Å². The number of hydrogen-bond acceptors (Lipinski definition) is 5. The van der Waals surface area contributed by atoms with E-state index in [4.69, 9.17) is 16.3 Å². The van der Waals surface area contributed by atoms with Gasteiger partial charge < -0.3 is 4.74 Å². The first-order valence-electron chi connectivity index (χ1n) is 7.66. The van der Waals surface area contributed by atoms with Crippen LogP contribution in [0.2, 0.25) is 4.34 Å². The highest BCUT2D eigenvalue weighted by Gasteiger charge is 2.24. The molecule has 1 atom stereocenters. The van der Waals surface area contributed by atoms with E-state index in [1.54, 1.807) is 0 Å². The molecule has 2 heterocycles. The van der Waals surface area contributed by atoms with E-state index < -0.39 is 0 Å². The molecule has 2 aromatic rings. The average molecular weight is 338 g/mol. The maximum absolute atomic E-state index is 6.05. The van der Waals surface area contributed by atoms with Crippen LogP contribution in [0.5, 0.6) is 0 Å². The smallest absolute Gasteiger partial charge is 0.138 e. The zero-order valence-corrected chi connectivity index (χ0v) is 14.0. The summed E-state index contributed by atoms with van der Waals surface area (Å²) in [6.45, 7) is 3.60. The summed E-state index contributed by atoms with van der Waals surface area (Å²) in [6, 6.07) is 10.6. The molecular formula is C16H20ClN3OS. The van der Waals surface area contributed by atoms with Gasteiger partial charge in [-0.15, -0.1) is 5.10 Å². The molecule has 1 aromatic heterocycles. The number of halogens is 1. The minimum Gasteiger partial charge on any atom is -0.377 e. The van der Waals surface area contributed by atoms with E-state index in [2.05, 4.69) is 44.8 Å². The Kier molecular flexibility index (Phi) is 5.78. The Morgan fingerprint density at radius 3 is 2.95 bits per heavy atom. The molecule has 3 rings (SSSR count). The lowest BCUT2D eigenvalue weighted by atomic mass is 10.1. The average Bonchev–Trinajstić information content (AvgIpc) is 3.15. The highest BCUT2D eigenvalue weighted by atomic mass is 35.5. The Bertz CT molecular complexity index is 578. The molecule has 4 nitrogen and oxygen atoms in total. The molecule has 1 aromatic carbocycles. The topological polar surface area (TPSA) is 38.2 Å². The van der Waals surface area contributed by atoms with Crippen molar-refractivity contribution >= 4 is 23.1 Å². The summed E-state index contributed by atoms with van der Waals surface area (Å²) in [5.74, 6) is 0. The molecule has 1 fully saturated rings. The molecule has 0 spiro atoms. The summed E-state index contributed by atoms with van der Waals surface area (Å²) in [6.07, 6.45) is 3.57. The first-order valence-corrected chi connectivity index (χ1v) is 8.81. The number of aromatic nitrogens is 2. The van der Waals surface area contributed by atoms with E-state index in [9.17, 15) is 0 Å². The monoisotopic (exact) mass is 337 g/mol. The van der Waals surface area contributed by atoms with Crippen LogP contribution in [0.3, 0.4) is 0 Å². The Hall–Kier alpha value is -1.01. The molecular weight excluding hydrogens is 318 g/mol. The molecule has 1 aliphatic heterocycles. The fourth-order valence-corrected chi connectivity index (χ4v) is 3.36. The first-order chi connectivity index (χ1) is 10.8. The normalized spacial score (nSPS) is 18.9. The van der Waals surface area contributed by atoms with E-state index in [1.165, 1.54) is 17.1 Å². The van der Waals surface area contributed by atoms with Gasteiger partial charge in [0.1, 0.15) is 10.0 Å². The largest absolute Gasteiger partial charge is 0.377 e. The zero-order chi connectivity index (χ0) is 15.2. The van der Waals surface area contributed by atoms with Crippen molar-refractivity contribution < 1.29 is 4.74 Å². The van der Waals surface area contributed by atoms with Gasteiger partial charge in [0.2, 0.25) is 0 Å².